The minimum atomic E-state index is -0.404. The maximum Gasteiger partial charge on any atom is 0.117 e. The monoisotopic (exact) mass is 290 g/mol. The van der Waals surface area contributed by atoms with E-state index in [1.54, 1.807) is 6.26 Å². The molecule has 0 bridgehead atoms. The van der Waals surface area contributed by atoms with Crippen LogP contribution in [0.25, 0.3) is 0 Å². The Hall–Kier alpha value is -0.760. The van der Waals surface area contributed by atoms with Gasteiger partial charge in [-0.05, 0) is 60.3 Å². The van der Waals surface area contributed by atoms with Crippen LogP contribution in [0.2, 0.25) is 0 Å². The van der Waals surface area contributed by atoms with Crippen molar-refractivity contribution in [1.29, 1.82) is 0 Å². The Bertz CT molecular complexity index is 462. The maximum atomic E-state index is 10.1. The molecule has 2 fully saturated rings. The first-order valence-corrected chi connectivity index (χ1v) is 8.51. The zero-order valence-corrected chi connectivity index (χ0v) is 13.8. The molecule has 118 valence electrons. The molecule has 4 atom stereocenters. The van der Waals surface area contributed by atoms with Gasteiger partial charge in [-0.15, -0.1) is 0 Å². The zero-order chi connectivity index (χ0) is 15.3. The van der Waals surface area contributed by atoms with Crippen molar-refractivity contribution in [1.82, 2.24) is 0 Å². The van der Waals surface area contributed by atoms with Crippen LogP contribution in [0.3, 0.4) is 0 Å². The number of hydrogen-bond donors (Lipinski definition) is 1. The van der Waals surface area contributed by atoms with Crippen molar-refractivity contribution in [2.75, 3.05) is 6.61 Å². The predicted octanol–water partition coefficient (Wildman–Crippen LogP) is 4.45. The van der Waals surface area contributed by atoms with E-state index < -0.39 is 6.10 Å². The van der Waals surface area contributed by atoms with Crippen molar-refractivity contribution in [3.63, 3.8) is 0 Å². The fraction of sp³-hybridized carbons (Fsp3) is 0.789. The van der Waals surface area contributed by atoms with Crippen LogP contribution in [0, 0.1) is 22.7 Å². The van der Waals surface area contributed by atoms with Gasteiger partial charge in [-0.3, -0.25) is 0 Å². The van der Waals surface area contributed by atoms with Gasteiger partial charge in [0.15, 0.2) is 0 Å². The summed E-state index contributed by atoms with van der Waals surface area (Å²) in [6, 6.07) is 0. The van der Waals surface area contributed by atoms with Crippen LogP contribution in [0.1, 0.15) is 59.3 Å². The molecule has 4 unspecified atom stereocenters. The Kier molecular flexibility index (Phi) is 3.72. The van der Waals surface area contributed by atoms with Gasteiger partial charge in [0.1, 0.15) is 12.7 Å². The number of aliphatic hydroxyl groups is 1. The number of aliphatic hydroxyl groups excluding tert-OH is 1. The second-order valence-electron chi connectivity index (χ2n) is 8.40. The van der Waals surface area contributed by atoms with Crippen LogP contribution in [0.15, 0.2) is 24.0 Å². The van der Waals surface area contributed by atoms with E-state index in [0.717, 1.165) is 24.3 Å². The molecule has 0 saturated heterocycles. The van der Waals surface area contributed by atoms with E-state index in [-0.39, 0.29) is 0 Å². The van der Waals surface area contributed by atoms with Gasteiger partial charge >= 0.3 is 0 Å². The average Bonchev–Trinajstić information content (AvgIpc) is 2.78. The standard InChI is InChI=1S/C19H30O2/c1-13-6-7-17-18(2,3)8-5-9-19(17,4)15(13)10-14-11-21-12-16(14)20/h11,15-17,20H,1,5-10,12H2,2-4H3. The Morgan fingerprint density at radius 2 is 2.10 bits per heavy atom. The number of fused-ring (bicyclic) bond motifs is 1. The Balaban J connectivity index is 1.88. The van der Waals surface area contributed by atoms with E-state index in [0.29, 0.717) is 23.4 Å². The summed E-state index contributed by atoms with van der Waals surface area (Å²) in [5.41, 5.74) is 3.24. The molecule has 21 heavy (non-hydrogen) atoms. The molecule has 1 aliphatic heterocycles. The highest BCUT2D eigenvalue weighted by Gasteiger charge is 2.53. The Morgan fingerprint density at radius 1 is 1.33 bits per heavy atom. The van der Waals surface area contributed by atoms with Crippen molar-refractivity contribution < 1.29 is 9.84 Å². The molecule has 1 N–H and O–H groups in total. The minimum Gasteiger partial charge on any atom is -0.498 e. The van der Waals surface area contributed by atoms with E-state index in [2.05, 4.69) is 27.4 Å². The van der Waals surface area contributed by atoms with Gasteiger partial charge in [0, 0.05) is 0 Å². The topological polar surface area (TPSA) is 29.5 Å². The van der Waals surface area contributed by atoms with Gasteiger partial charge in [0.25, 0.3) is 0 Å². The van der Waals surface area contributed by atoms with Crippen molar-refractivity contribution >= 4 is 0 Å². The third kappa shape index (κ3) is 2.46. The summed E-state index contributed by atoms with van der Waals surface area (Å²) in [4.78, 5) is 0. The lowest BCUT2D eigenvalue weighted by Gasteiger charge is -2.58. The molecule has 3 rings (SSSR count). The second-order valence-corrected chi connectivity index (χ2v) is 8.40. The molecule has 0 aromatic heterocycles. The molecule has 0 amide bonds. The van der Waals surface area contributed by atoms with Crippen LogP contribution in [0.4, 0.5) is 0 Å². The second kappa shape index (κ2) is 5.15. The number of ether oxygens (including phenoxy) is 1. The van der Waals surface area contributed by atoms with Crippen LogP contribution in [-0.2, 0) is 4.74 Å². The van der Waals surface area contributed by atoms with Crippen LogP contribution >= 0.6 is 0 Å². The van der Waals surface area contributed by atoms with E-state index in [9.17, 15) is 5.11 Å². The van der Waals surface area contributed by atoms with Crippen molar-refractivity contribution in [2.24, 2.45) is 22.7 Å². The molecule has 0 spiro atoms. The fourth-order valence-electron chi connectivity index (χ4n) is 5.50. The Labute approximate surface area is 129 Å². The lowest BCUT2D eigenvalue weighted by molar-refractivity contribution is -0.0525. The highest BCUT2D eigenvalue weighted by molar-refractivity contribution is 5.21. The van der Waals surface area contributed by atoms with Gasteiger partial charge in [-0.2, -0.15) is 0 Å². The van der Waals surface area contributed by atoms with Crippen LogP contribution < -0.4 is 0 Å². The highest BCUT2D eigenvalue weighted by Crippen LogP contribution is 2.62. The lowest BCUT2D eigenvalue weighted by atomic mass is 9.47. The number of rotatable bonds is 2. The van der Waals surface area contributed by atoms with Gasteiger partial charge < -0.3 is 9.84 Å². The number of allylic oxidation sites excluding steroid dienone is 1. The predicted molar refractivity (Wildman–Crippen MR) is 85.8 cm³/mol. The van der Waals surface area contributed by atoms with E-state index in [1.807, 2.05) is 0 Å². The van der Waals surface area contributed by atoms with Crippen LogP contribution in [0.5, 0.6) is 0 Å². The first-order chi connectivity index (χ1) is 9.84. The smallest absolute Gasteiger partial charge is 0.117 e. The first kappa shape index (κ1) is 15.1. The summed E-state index contributed by atoms with van der Waals surface area (Å²) in [6.07, 6.45) is 8.73. The normalized spacial score (nSPS) is 42.2. The van der Waals surface area contributed by atoms with E-state index in [1.165, 1.54) is 31.3 Å². The van der Waals surface area contributed by atoms with Gasteiger partial charge in [-0.25, -0.2) is 0 Å². The fourth-order valence-corrected chi connectivity index (χ4v) is 5.50. The van der Waals surface area contributed by atoms with Gasteiger partial charge in [-0.1, -0.05) is 39.3 Å². The number of hydrogen-bond acceptors (Lipinski definition) is 2. The van der Waals surface area contributed by atoms with E-state index >= 15 is 0 Å². The molecule has 0 aromatic rings. The van der Waals surface area contributed by atoms with Crippen LogP contribution in [-0.4, -0.2) is 17.8 Å². The Morgan fingerprint density at radius 3 is 2.76 bits per heavy atom. The first-order valence-electron chi connectivity index (χ1n) is 8.51. The zero-order valence-electron chi connectivity index (χ0n) is 13.8. The molecular weight excluding hydrogens is 260 g/mol. The summed E-state index contributed by atoms with van der Waals surface area (Å²) >= 11 is 0. The maximum absolute atomic E-state index is 10.1. The molecule has 1 heterocycles. The summed E-state index contributed by atoms with van der Waals surface area (Å²) in [6.45, 7) is 12.2. The molecule has 3 aliphatic rings. The molecule has 2 aliphatic carbocycles. The van der Waals surface area contributed by atoms with Gasteiger partial charge in [0.2, 0.25) is 0 Å². The van der Waals surface area contributed by atoms with Crippen molar-refractivity contribution in [2.45, 2.75) is 65.4 Å². The molecule has 2 nitrogen and oxygen atoms in total. The summed E-state index contributed by atoms with van der Waals surface area (Å²) in [5, 5.41) is 10.1. The van der Waals surface area contributed by atoms with Gasteiger partial charge in [0.05, 0.1) is 6.26 Å². The molecular formula is C19H30O2. The molecule has 0 aromatic carbocycles. The van der Waals surface area contributed by atoms with E-state index in [4.69, 9.17) is 4.74 Å². The summed E-state index contributed by atoms with van der Waals surface area (Å²) in [7, 11) is 0. The average molecular weight is 290 g/mol. The van der Waals surface area contributed by atoms with Crippen molar-refractivity contribution in [3.8, 4) is 0 Å². The highest BCUT2D eigenvalue weighted by atomic mass is 16.5. The third-order valence-electron chi connectivity index (χ3n) is 6.68. The summed E-state index contributed by atoms with van der Waals surface area (Å²) in [5.74, 6) is 1.27. The third-order valence-corrected chi connectivity index (χ3v) is 6.68. The molecule has 2 saturated carbocycles. The molecule has 2 heteroatoms. The minimum absolute atomic E-state index is 0.334. The SMILES string of the molecule is C=C1CCC2C(C)(C)CCCC2(C)C1CC1=COCC1O. The molecule has 0 radical (unpaired) electrons. The summed E-state index contributed by atoms with van der Waals surface area (Å²) < 4.78 is 5.31. The quantitative estimate of drug-likeness (QED) is 0.761. The largest absolute Gasteiger partial charge is 0.498 e. The van der Waals surface area contributed by atoms with Crippen molar-refractivity contribution in [3.05, 3.63) is 24.0 Å². The lowest BCUT2D eigenvalue weighted by Crippen LogP contribution is -2.49.